The summed E-state index contributed by atoms with van der Waals surface area (Å²) in [4.78, 5) is 26.1. The van der Waals surface area contributed by atoms with Crippen LogP contribution in [0.4, 0.5) is 17.1 Å². The Morgan fingerprint density at radius 1 is 1.32 bits per heavy atom. The Labute approximate surface area is 145 Å². The Hall–Kier alpha value is -3.22. The van der Waals surface area contributed by atoms with Crippen LogP contribution in [0.15, 0.2) is 47.5 Å². The molecule has 0 saturated heterocycles. The van der Waals surface area contributed by atoms with E-state index < -0.39 is 10.7 Å². The number of nitrogens with zero attached hydrogens (tertiary/aromatic N) is 2. The smallest absolute Gasteiger partial charge is 0.311 e. The minimum absolute atomic E-state index is 0.0562. The number of rotatable bonds is 7. The molecule has 2 aromatic rings. The topological polar surface area (TPSA) is 105 Å². The van der Waals surface area contributed by atoms with E-state index in [2.05, 4.69) is 10.3 Å². The second-order valence-corrected chi connectivity index (χ2v) is 5.43. The minimum Gasteiger partial charge on any atom is -0.502 e. The summed E-state index contributed by atoms with van der Waals surface area (Å²) in [6.45, 7) is 2.02. The summed E-state index contributed by atoms with van der Waals surface area (Å²) in [5.41, 5.74) is 1.05. The number of hydrogen-bond acceptors (Lipinski definition) is 5. The number of nitro benzene ring substituents is 1. The highest BCUT2D eigenvalue weighted by Gasteiger charge is 2.14. The molecule has 2 N–H and O–H groups in total. The van der Waals surface area contributed by atoms with Crippen molar-refractivity contribution in [3.05, 3.63) is 58.1 Å². The van der Waals surface area contributed by atoms with Crippen LogP contribution in [0.2, 0.25) is 0 Å². The van der Waals surface area contributed by atoms with E-state index in [0.29, 0.717) is 17.8 Å². The third-order valence-corrected chi connectivity index (χ3v) is 3.48. The van der Waals surface area contributed by atoms with Crippen molar-refractivity contribution in [2.24, 2.45) is 4.99 Å². The van der Waals surface area contributed by atoms with Crippen LogP contribution in [-0.4, -0.2) is 22.2 Å². The van der Waals surface area contributed by atoms with Gasteiger partial charge in [0.1, 0.15) is 0 Å². The normalized spacial score (nSPS) is 10.8. The van der Waals surface area contributed by atoms with Crippen molar-refractivity contribution in [3.63, 3.8) is 0 Å². The number of aromatic hydroxyl groups is 1. The minimum atomic E-state index is -0.654. The molecule has 0 aliphatic carbocycles. The van der Waals surface area contributed by atoms with Crippen LogP contribution in [0.1, 0.15) is 31.7 Å². The predicted octanol–water partition coefficient (Wildman–Crippen LogP) is 4.18. The van der Waals surface area contributed by atoms with E-state index in [0.717, 1.165) is 12.8 Å². The Balaban J connectivity index is 2.14. The standard InChI is InChI=1S/C18H19N3O4/c1-2-3-10-17(22)20-15-8-5-7-14(11-15)19-12-13-6-4-9-16(18(13)23)21(24)25/h4-9,11-12,23H,2-3,10H2,1H3,(H,20,22). The van der Waals surface area contributed by atoms with E-state index in [4.69, 9.17) is 0 Å². The van der Waals surface area contributed by atoms with Crippen LogP contribution in [-0.2, 0) is 4.79 Å². The number of anilines is 1. The van der Waals surface area contributed by atoms with Crippen LogP contribution >= 0.6 is 0 Å². The van der Waals surface area contributed by atoms with Gasteiger partial charge in [-0.05, 0) is 30.7 Å². The molecule has 7 heteroatoms. The Morgan fingerprint density at radius 2 is 2.08 bits per heavy atom. The highest BCUT2D eigenvalue weighted by atomic mass is 16.6. The molecular weight excluding hydrogens is 322 g/mol. The maximum Gasteiger partial charge on any atom is 0.311 e. The second kappa shape index (κ2) is 8.58. The number of carbonyl (C=O) groups is 1. The lowest BCUT2D eigenvalue weighted by Crippen LogP contribution is -2.10. The van der Waals surface area contributed by atoms with Crippen molar-refractivity contribution in [1.29, 1.82) is 0 Å². The Bertz CT molecular complexity index is 803. The SMILES string of the molecule is CCCCC(=O)Nc1cccc(N=Cc2cccc([N+](=O)[O-])c2O)c1. The number of hydrogen-bond donors (Lipinski definition) is 2. The predicted molar refractivity (Wildman–Crippen MR) is 96.6 cm³/mol. The molecule has 25 heavy (non-hydrogen) atoms. The number of nitrogens with one attached hydrogen (secondary N) is 1. The summed E-state index contributed by atoms with van der Waals surface area (Å²) >= 11 is 0. The Morgan fingerprint density at radius 3 is 2.80 bits per heavy atom. The summed E-state index contributed by atoms with van der Waals surface area (Å²) in [5, 5.41) is 23.5. The molecule has 0 aromatic heterocycles. The number of aliphatic imine (C=N–C) groups is 1. The van der Waals surface area contributed by atoms with Gasteiger partial charge < -0.3 is 10.4 Å². The number of nitro groups is 1. The molecule has 2 aromatic carbocycles. The zero-order chi connectivity index (χ0) is 18.2. The van der Waals surface area contributed by atoms with Crippen LogP contribution in [0, 0.1) is 10.1 Å². The highest BCUT2D eigenvalue weighted by Crippen LogP contribution is 2.28. The summed E-state index contributed by atoms with van der Waals surface area (Å²) in [6, 6.07) is 11.1. The largest absolute Gasteiger partial charge is 0.502 e. The number of phenols is 1. The van der Waals surface area contributed by atoms with Crippen molar-refractivity contribution in [1.82, 2.24) is 0 Å². The van der Waals surface area contributed by atoms with E-state index in [-0.39, 0.29) is 17.2 Å². The fraction of sp³-hybridized carbons (Fsp3) is 0.222. The first kappa shape index (κ1) is 18.1. The van der Waals surface area contributed by atoms with Gasteiger partial charge in [0.25, 0.3) is 0 Å². The molecule has 0 heterocycles. The number of benzene rings is 2. The lowest BCUT2D eigenvalue weighted by atomic mass is 10.2. The maximum atomic E-state index is 11.8. The molecule has 0 aliphatic rings. The highest BCUT2D eigenvalue weighted by molar-refractivity contribution is 5.91. The van der Waals surface area contributed by atoms with Crippen LogP contribution in [0.25, 0.3) is 0 Å². The van der Waals surface area contributed by atoms with Crippen LogP contribution in [0.3, 0.4) is 0 Å². The average Bonchev–Trinajstić information content (AvgIpc) is 2.59. The van der Waals surface area contributed by atoms with E-state index in [9.17, 15) is 20.0 Å². The fourth-order valence-corrected chi connectivity index (χ4v) is 2.17. The fourth-order valence-electron chi connectivity index (χ4n) is 2.17. The number of para-hydroxylation sites is 1. The quantitative estimate of drug-likeness (QED) is 0.448. The van der Waals surface area contributed by atoms with Gasteiger partial charge in [0.15, 0.2) is 0 Å². The number of amides is 1. The molecule has 0 saturated carbocycles. The Kier molecular flexibility index (Phi) is 6.22. The van der Waals surface area contributed by atoms with Gasteiger partial charge in [0, 0.05) is 30.0 Å². The molecule has 1 amide bonds. The number of phenolic OH excluding ortho intramolecular Hbond substituents is 1. The zero-order valence-electron chi connectivity index (χ0n) is 13.8. The summed E-state index contributed by atoms with van der Waals surface area (Å²) in [6.07, 6.45) is 3.59. The summed E-state index contributed by atoms with van der Waals surface area (Å²) in [5.74, 6) is -0.486. The van der Waals surface area contributed by atoms with E-state index in [1.165, 1.54) is 24.4 Å². The van der Waals surface area contributed by atoms with Gasteiger partial charge in [-0.25, -0.2) is 0 Å². The lowest BCUT2D eigenvalue weighted by molar-refractivity contribution is -0.385. The van der Waals surface area contributed by atoms with Gasteiger partial charge >= 0.3 is 5.69 Å². The van der Waals surface area contributed by atoms with Crippen molar-refractivity contribution >= 4 is 29.2 Å². The zero-order valence-corrected chi connectivity index (χ0v) is 13.8. The van der Waals surface area contributed by atoms with Crippen LogP contribution in [0.5, 0.6) is 5.75 Å². The lowest BCUT2D eigenvalue weighted by Gasteiger charge is -2.05. The van der Waals surface area contributed by atoms with Gasteiger partial charge in [-0.1, -0.05) is 25.5 Å². The molecule has 0 bridgehead atoms. The molecule has 0 radical (unpaired) electrons. The monoisotopic (exact) mass is 341 g/mol. The molecule has 2 rings (SSSR count). The first-order valence-corrected chi connectivity index (χ1v) is 7.91. The molecule has 0 aliphatic heterocycles. The molecular formula is C18H19N3O4. The first-order chi connectivity index (χ1) is 12.0. The van der Waals surface area contributed by atoms with E-state index in [1.807, 2.05) is 6.92 Å². The van der Waals surface area contributed by atoms with Crippen molar-refractivity contribution in [3.8, 4) is 5.75 Å². The molecule has 0 fully saturated rings. The van der Waals surface area contributed by atoms with Gasteiger partial charge in [0.2, 0.25) is 11.7 Å². The second-order valence-electron chi connectivity index (χ2n) is 5.43. The third kappa shape index (κ3) is 5.13. The molecule has 0 atom stereocenters. The first-order valence-electron chi connectivity index (χ1n) is 7.91. The van der Waals surface area contributed by atoms with Crippen molar-refractivity contribution < 1.29 is 14.8 Å². The van der Waals surface area contributed by atoms with Crippen LogP contribution < -0.4 is 5.32 Å². The molecule has 0 unspecified atom stereocenters. The van der Waals surface area contributed by atoms with E-state index in [1.54, 1.807) is 24.3 Å². The molecule has 7 nitrogen and oxygen atoms in total. The summed E-state index contributed by atoms with van der Waals surface area (Å²) < 4.78 is 0. The van der Waals surface area contributed by atoms with Gasteiger partial charge in [-0.15, -0.1) is 0 Å². The maximum absolute atomic E-state index is 11.8. The van der Waals surface area contributed by atoms with Crippen molar-refractivity contribution in [2.45, 2.75) is 26.2 Å². The van der Waals surface area contributed by atoms with Gasteiger partial charge in [-0.3, -0.25) is 19.9 Å². The summed E-state index contributed by atoms with van der Waals surface area (Å²) in [7, 11) is 0. The van der Waals surface area contributed by atoms with Gasteiger partial charge in [0.05, 0.1) is 10.6 Å². The molecule has 0 spiro atoms. The average molecular weight is 341 g/mol. The third-order valence-electron chi connectivity index (χ3n) is 3.48. The number of carbonyl (C=O) groups excluding carboxylic acids is 1. The number of unbranched alkanes of at least 4 members (excludes halogenated alkanes) is 1. The molecule has 130 valence electrons. The van der Waals surface area contributed by atoms with Crippen molar-refractivity contribution in [2.75, 3.05) is 5.32 Å². The van der Waals surface area contributed by atoms with Gasteiger partial charge in [-0.2, -0.15) is 0 Å². The van der Waals surface area contributed by atoms with E-state index >= 15 is 0 Å².